The van der Waals surface area contributed by atoms with Crippen LogP contribution >= 0.6 is 0 Å². The molecule has 138 valence electrons. The van der Waals surface area contributed by atoms with Crippen LogP contribution in [0.25, 0.3) is 10.9 Å². The van der Waals surface area contributed by atoms with Crippen molar-refractivity contribution in [3.05, 3.63) is 102 Å². The van der Waals surface area contributed by atoms with Crippen LogP contribution in [-0.2, 0) is 10.4 Å². The van der Waals surface area contributed by atoms with Gasteiger partial charge in [-0.3, -0.25) is 15.6 Å². The number of hydrogen-bond acceptors (Lipinski definition) is 5. The number of rotatable bonds is 5. The molecule has 0 unspecified atom stereocenters. The summed E-state index contributed by atoms with van der Waals surface area (Å²) in [4.78, 5) is 21.5. The molecule has 0 aliphatic heterocycles. The second kappa shape index (κ2) is 7.46. The van der Waals surface area contributed by atoms with Crippen LogP contribution in [0.2, 0.25) is 0 Å². The quantitative estimate of drug-likeness (QED) is 0.470. The lowest BCUT2D eigenvalue weighted by molar-refractivity contribution is -0.136. The molecule has 0 atom stereocenters. The molecule has 4 rings (SSSR count). The molecule has 1 aromatic heterocycles. The van der Waals surface area contributed by atoms with Crippen molar-refractivity contribution in [3.8, 4) is 0 Å². The van der Waals surface area contributed by atoms with Gasteiger partial charge in [0.2, 0.25) is 0 Å². The number of hydrazine groups is 1. The minimum atomic E-state index is -1.86. The van der Waals surface area contributed by atoms with Crippen molar-refractivity contribution in [3.63, 3.8) is 0 Å². The number of aromatic nitrogens is 2. The highest BCUT2D eigenvalue weighted by molar-refractivity contribution is 5.93. The molecule has 3 aromatic carbocycles. The zero-order chi connectivity index (χ0) is 19.4. The van der Waals surface area contributed by atoms with Crippen molar-refractivity contribution in [2.24, 2.45) is 0 Å². The van der Waals surface area contributed by atoms with E-state index in [1.54, 1.807) is 48.5 Å². The number of hydrogen-bond donors (Lipinski definition) is 3. The smallest absolute Gasteiger partial charge is 0.279 e. The number of aliphatic hydroxyl groups is 1. The molecule has 0 aliphatic carbocycles. The number of anilines is 1. The van der Waals surface area contributed by atoms with E-state index in [1.807, 2.05) is 36.4 Å². The first-order chi connectivity index (χ1) is 13.7. The van der Waals surface area contributed by atoms with Crippen molar-refractivity contribution in [1.82, 2.24) is 15.4 Å². The van der Waals surface area contributed by atoms with Gasteiger partial charge in [0.25, 0.3) is 5.91 Å². The fraction of sp³-hybridized carbons (Fsp3) is 0.0455. The van der Waals surface area contributed by atoms with E-state index in [9.17, 15) is 9.90 Å². The molecule has 0 saturated heterocycles. The van der Waals surface area contributed by atoms with Gasteiger partial charge in [-0.15, -0.1) is 0 Å². The lowest BCUT2D eigenvalue weighted by atomic mass is 9.85. The zero-order valence-corrected chi connectivity index (χ0v) is 14.9. The normalized spacial score (nSPS) is 11.2. The highest BCUT2D eigenvalue weighted by Gasteiger charge is 2.40. The van der Waals surface area contributed by atoms with E-state index in [0.717, 1.165) is 10.9 Å². The summed E-state index contributed by atoms with van der Waals surface area (Å²) in [5, 5.41) is 12.2. The Labute approximate surface area is 161 Å². The monoisotopic (exact) mass is 370 g/mol. The minimum Gasteiger partial charge on any atom is -0.372 e. The van der Waals surface area contributed by atoms with E-state index >= 15 is 0 Å². The van der Waals surface area contributed by atoms with E-state index in [4.69, 9.17) is 0 Å². The van der Waals surface area contributed by atoms with E-state index in [-0.39, 0.29) is 0 Å². The largest absolute Gasteiger partial charge is 0.372 e. The predicted molar refractivity (Wildman–Crippen MR) is 107 cm³/mol. The molecule has 0 spiro atoms. The SMILES string of the molecule is O=C(NNc1ncnc2ccccc12)C(O)(c1ccccc1)c1ccccc1. The van der Waals surface area contributed by atoms with Gasteiger partial charge in [0.15, 0.2) is 11.4 Å². The van der Waals surface area contributed by atoms with Crippen molar-refractivity contribution >= 4 is 22.6 Å². The van der Waals surface area contributed by atoms with E-state index in [1.165, 1.54) is 6.33 Å². The van der Waals surface area contributed by atoms with E-state index in [0.29, 0.717) is 16.9 Å². The Hall–Kier alpha value is -3.77. The molecule has 0 fully saturated rings. The number of nitrogens with one attached hydrogen (secondary N) is 2. The van der Waals surface area contributed by atoms with Gasteiger partial charge in [0, 0.05) is 5.39 Å². The molecule has 0 saturated carbocycles. The Kier molecular flexibility index (Phi) is 4.70. The molecule has 28 heavy (non-hydrogen) atoms. The standard InChI is InChI=1S/C22H18N4O2/c27-21(26-25-20-18-13-7-8-14-19(18)23-15-24-20)22(28,16-9-3-1-4-10-16)17-11-5-2-6-12-17/h1-15,28H,(H,26,27)(H,23,24,25). The van der Waals surface area contributed by atoms with Gasteiger partial charge in [-0.1, -0.05) is 72.8 Å². The molecule has 1 amide bonds. The van der Waals surface area contributed by atoms with Gasteiger partial charge in [-0.2, -0.15) is 0 Å². The third-order valence-corrected chi connectivity index (χ3v) is 4.55. The Bertz CT molecular complexity index is 1060. The summed E-state index contributed by atoms with van der Waals surface area (Å²) in [5.41, 5.74) is 5.24. The molecule has 1 heterocycles. The van der Waals surface area contributed by atoms with Crippen LogP contribution in [0, 0.1) is 0 Å². The highest BCUT2D eigenvalue weighted by Crippen LogP contribution is 2.30. The summed E-state index contributed by atoms with van der Waals surface area (Å²) in [6.07, 6.45) is 1.41. The van der Waals surface area contributed by atoms with Crippen molar-refractivity contribution in [1.29, 1.82) is 0 Å². The van der Waals surface area contributed by atoms with Gasteiger partial charge in [-0.25, -0.2) is 9.97 Å². The molecule has 0 radical (unpaired) electrons. The fourth-order valence-corrected chi connectivity index (χ4v) is 3.10. The Morgan fingerprint density at radius 2 is 1.36 bits per heavy atom. The van der Waals surface area contributed by atoms with Crippen LogP contribution in [0.15, 0.2) is 91.3 Å². The van der Waals surface area contributed by atoms with Crippen LogP contribution < -0.4 is 10.9 Å². The number of benzene rings is 3. The minimum absolute atomic E-state index is 0.447. The number of nitrogens with zero attached hydrogens (tertiary/aromatic N) is 2. The van der Waals surface area contributed by atoms with E-state index in [2.05, 4.69) is 20.8 Å². The first-order valence-electron chi connectivity index (χ1n) is 8.79. The predicted octanol–water partition coefficient (Wildman–Crippen LogP) is 3.01. The lowest BCUT2D eigenvalue weighted by Gasteiger charge is -2.28. The van der Waals surface area contributed by atoms with Crippen molar-refractivity contribution < 1.29 is 9.90 Å². The summed E-state index contributed by atoms with van der Waals surface area (Å²) in [5.74, 6) is -0.171. The average Bonchev–Trinajstić information content (AvgIpc) is 2.78. The maximum absolute atomic E-state index is 13.1. The second-order valence-corrected chi connectivity index (χ2v) is 6.26. The highest BCUT2D eigenvalue weighted by atomic mass is 16.3. The van der Waals surface area contributed by atoms with Crippen LogP contribution in [0.3, 0.4) is 0 Å². The van der Waals surface area contributed by atoms with Crippen LogP contribution in [0.5, 0.6) is 0 Å². The molecule has 6 heteroatoms. The third kappa shape index (κ3) is 3.17. The summed E-state index contributed by atoms with van der Waals surface area (Å²) < 4.78 is 0. The number of carbonyl (C=O) groups is 1. The van der Waals surface area contributed by atoms with Gasteiger partial charge in [0.1, 0.15) is 6.33 Å². The van der Waals surface area contributed by atoms with Crippen LogP contribution in [0.4, 0.5) is 5.82 Å². The molecule has 0 aliphatic rings. The first kappa shape index (κ1) is 17.6. The zero-order valence-electron chi connectivity index (χ0n) is 14.9. The Morgan fingerprint density at radius 1 is 0.786 bits per heavy atom. The van der Waals surface area contributed by atoms with E-state index < -0.39 is 11.5 Å². The molecule has 0 bridgehead atoms. The molecule has 4 aromatic rings. The third-order valence-electron chi connectivity index (χ3n) is 4.55. The molecule has 3 N–H and O–H groups in total. The maximum atomic E-state index is 13.1. The number of fused-ring (bicyclic) bond motifs is 1. The number of para-hydroxylation sites is 1. The van der Waals surface area contributed by atoms with Crippen LogP contribution in [0.1, 0.15) is 11.1 Å². The van der Waals surface area contributed by atoms with Gasteiger partial charge in [-0.05, 0) is 23.3 Å². The van der Waals surface area contributed by atoms with Gasteiger partial charge < -0.3 is 5.11 Å². The summed E-state index contributed by atoms with van der Waals surface area (Å²) in [6.45, 7) is 0. The Balaban J connectivity index is 1.67. The average molecular weight is 370 g/mol. The number of amides is 1. The molecule has 6 nitrogen and oxygen atoms in total. The van der Waals surface area contributed by atoms with Crippen molar-refractivity contribution in [2.75, 3.05) is 5.43 Å². The molecular weight excluding hydrogens is 352 g/mol. The number of carbonyl (C=O) groups excluding carboxylic acids is 1. The van der Waals surface area contributed by atoms with Crippen molar-refractivity contribution in [2.45, 2.75) is 5.60 Å². The summed E-state index contributed by atoms with van der Waals surface area (Å²) in [7, 11) is 0. The van der Waals surface area contributed by atoms with Crippen LogP contribution in [-0.4, -0.2) is 21.0 Å². The summed E-state index contributed by atoms with van der Waals surface area (Å²) in [6, 6.07) is 25.1. The van der Waals surface area contributed by atoms with Gasteiger partial charge >= 0.3 is 0 Å². The second-order valence-electron chi connectivity index (χ2n) is 6.26. The lowest BCUT2D eigenvalue weighted by Crippen LogP contribution is -2.47. The van der Waals surface area contributed by atoms with Gasteiger partial charge in [0.05, 0.1) is 5.52 Å². The topological polar surface area (TPSA) is 87.1 Å². The molecular formula is C22H18N4O2. The first-order valence-corrected chi connectivity index (χ1v) is 8.79. The maximum Gasteiger partial charge on any atom is 0.279 e. The fourth-order valence-electron chi connectivity index (χ4n) is 3.10. The Morgan fingerprint density at radius 3 is 2.00 bits per heavy atom. The summed E-state index contributed by atoms with van der Waals surface area (Å²) >= 11 is 0.